The molecule has 2 atom stereocenters. The molecular formula is C14H26N2O3. The van der Waals surface area contributed by atoms with Crippen molar-refractivity contribution in [3.8, 4) is 0 Å². The molecule has 5 heteroatoms. The summed E-state index contributed by atoms with van der Waals surface area (Å²) in [7, 11) is 0. The molecule has 0 aromatic rings. The van der Waals surface area contributed by atoms with Crippen molar-refractivity contribution in [3.05, 3.63) is 0 Å². The zero-order chi connectivity index (χ0) is 14.4. The third-order valence-electron chi connectivity index (χ3n) is 3.58. The predicted molar refractivity (Wildman–Crippen MR) is 73.4 cm³/mol. The highest BCUT2D eigenvalue weighted by Gasteiger charge is 2.31. The van der Waals surface area contributed by atoms with Crippen molar-refractivity contribution >= 4 is 11.9 Å². The largest absolute Gasteiger partial charge is 0.465 e. The molecule has 0 saturated heterocycles. The Kier molecular flexibility index (Phi) is 6.28. The molecule has 0 heterocycles. The van der Waals surface area contributed by atoms with Crippen LogP contribution in [0.4, 0.5) is 0 Å². The molecule has 110 valence electrons. The molecule has 1 aliphatic rings. The zero-order valence-corrected chi connectivity index (χ0v) is 12.2. The Hall–Kier alpha value is -1.10. The van der Waals surface area contributed by atoms with E-state index in [1.807, 2.05) is 13.8 Å². The smallest absolute Gasteiger partial charge is 0.325 e. The van der Waals surface area contributed by atoms with E-state index in [2.05, 4.69) is 0 Å². The van der Waals surface area contributed by atoms with Crippen LogP contribution >= 0.6 is 0 Å². The third kappa shape index (κ3) is 4.82. The van der Waals surface area contributed by atoms with Gasteiger partial charge in [-0.15, -0.1) is 0 Å². The van der Waals surface area contributed by atoms with Gasteiger partial charge >= 0.3 is 5.97 Å². The zero-order valence-electron chi connectivity index (χ0n) is 12.2. The Morgan fingerprint density at radius 3 is 2.58 bits per heavy atom. The predicted octanol–water partition coefficient (Wildman–Crippen LogP) is 1.30. The van der Waals surface area contributed by atoms with E-state index in [1.165, 1.54) is 0 Å². The summed E-state index contributed by atoms with van der Waals surface area (Å²) in [6.45, 7) is 5.97. The summed E-state index contributed by atoms with van der Waals surface area (Å²) in [6, 6.07) is 0.106. The molecule has 1 rings (SSSR count). The first-order valence-corrected chi connectivity index (χ1v) is 7.17. The lowest BCUT2D eigenvalue weighted by atomic mass is 9.85. The van der Waals surface area contributed by atoms with Crippen molar-refractivity contribution < 1.29 is 14.3 Å². The summed E-state index contributed by atoms with van der Waals surface area (Å²) < 4.78 is 4.92. The fourth-order valence-corrected chi connectivity index (χ4v) is 2.55. The number of rotatable bonds is 5. The van der Waals surface area contributed by atoms with Crippen molar-refractivity contribution in [3.63, 3.8) is 0 Å². The molecule has 0 aromatic carbocycles. The lowest BCUT2D eigenvalue weighted by Crippen LogP contribution is -2.46. The Bertz CT molecular complexity index is 318. The van der Waals surface area contributed by atoms with Gasteiger partial charge in [-0.1, -0.05) is 6.42 Å². The third-order valence-corrected chi connectivity index (χ3v) is 3.58. The van der Waals surface area contributed by atoms with Crippen molar-refractivity contribution in [1.82, 2.24) is 4.90 Å². The number of hydrogen-bond donors (Lipinski definition) is 1. The second kappa shape index (κ2) is 7.48. The number of carbonyl (C=O) groups is 2. The van der Waals surface area contributed by atoms with Crippen LogP contribution in [0.25, 0.3) is 0 Å². The van der Waals surface area contributed by atoms with Crippen molar-refractivity contribution in [2.75, 3.05) is 13.2 Å². The number of amides is 1. The van der Waals surface area contributed by atoms with Gasteiger partial charge in [-0.25, -0.2) is 0 Å². The average molecular weight is 270 g/mol. The standard InChI is InChI=1S/C14H26N2O3/c1-4-19-13(17)9-16(10(2)3)14(18)11-6-5-7-12(15)8-11/h10-12H,4-9,15H2,1-3H3. The molecule has 19 heavy (non-hydrogen) atoms. The monoisotopic (exact) mass is 270 g/mol. The van der Waals surface area contributed by atoms with Gasteiger partial charge in [0.2, 0.25) is 5.91 Å². The topological polar surface area (TPSA) is 72.6 Å². The van der Waals surface area contributed by atoms with E-state index >= 15 is 0 Å². The van der Waals surface area contributed by atoms with Crippen LogP contribution < -0.4 is 5.73 Å². The van der Waals surface area contributed by atoms with E-state index in [0.29, 0.717) is 6.61 Å². The van der Waals surface area contributed by atoms with Gasteiger partial charge in [0.15, 0.2) is 0 Å². The Labute approximate surface area is 115 Å². The van der Waals surface area contributed by atoms with Gasteiger partial charge in [0.05, 0.1) is 6.61 Å². The molecule has 0 spiro atoms. The molecule has 0 aromatic heterocycles. The summed E-state index contributed by atoms with van der Waals surface area (Å²) in [5, 5.41) is 0. The number of nitrogens with zero attached hydrogens (tertiary/aromatic N) is 1. The van der Waals surface area contributed by atoms with Crippen LogP contribution in [0, 0.1) is 5.92 Å². The molecule has 2 N–H and O–H groups in total. The maximum absolute atomic E-state index is 12.5. The van der Waals surface area contributed by atoms with Gasteiger partial charge in [-0.05, 0) is 40.0 Å². The molecule has 2 unspecified atom stereocenters. The highest BCUT2D eigenvalue weighted by molar-refractivity contribution is 5.84. The van der Waals surface area contributed by atoms with E-state index in [0.717, 1.165) is 25.7 Å². The van der Waals surface area contributed by atoms with Crippen LogP contribution in [0.1, 0.15) is 46.5 Å². The summed E-state index contributed by atoms with van der Waals surface area (Å²) >= 11 is 0. The van der Waals surface area contributed by atoms with E-state index in [4.69, 9.17) is 10.5 Å². The van der Waals surface area contributed by atoms with Crippen molar-refractivity contribution in [2.24, 2.45) is 11.7 Å². The highest BCUT2D eigenvalue weighted by Crippen LogP contribution is 2.25. The van der Waals surface area contributed by atoms with Gasteiger partial charge in [-0.2, -0.15) is 0 Å². The van der Waals surface area contributed by atoms with Gasteiger partial charge < -0.3 is 15.4 Å². The van der Waals surface area contributed by atoms with Crippen LogP contribution in [-0.4, -0.2) is 42.0 Å². The molecule has 1 saturated carbocycles. The first-order valence-electron chi connectivity index (χ1n) is 7.17. The minimum atomic E-state index is -0.343. The number of hydrogen-bond acceptors (Lipinski definition) is 4. The summed E-state index contributed by atoms with van der Waals surface area (Å²) in [4.78, 5) is 25.7. The lowest BCUT2D eigenvalue weighted by molar-refractivity contribution is -0.152. The summed E-state index contributed by atoms with van der Waals surface area (Å²) in [6.07, 6.45) is 3.58. The van der Waals surface area contributed by atoms with Gasteiger partial charge in [-0.3, -0.25) is 9.59 Å². The SMILES string of the molecule is CCOC(=O)CN(C(=O)C1CCCC(N)C1)C(C)C. The molecule has 5 nitrogen and oxygen atoms in total. The van der Waals surface area contributed by atoms with Gasteiger partial charge in [0.1, 0.15) is 6.54 Å². The Balaban J connectivity index is 2.64. The molecule has 1 amide bonds. The molecule has 1 fully saturated rings. The minimum Gasteiger partial charge on any atom is -0.465 e. The molecule has 0 aliphatic heterocycles. The van der Waals surface area contributed by atoms with Crippen molar-refractivity contribution in [1.29, 1.82) is 0 Å². The number of ether oxygens (including phenoxy) is 1. The molecule has 0 bridgehead atoms. The molecule has 1 aliphatic carbocycles. The molecular weight excluding hydrogens is 244 g/mol. The van der Waals surface area contributed by atoms with Crippen LogP contribution in [0.5, 0.6) is 0 Å². The van der Waals surface area contributed by atoms with E-state index in [1.54, 1.807) is 11.8 Å². The fourth-order valence-electron chi connectivity index (χ4n) is 2.55. The summed E-state index contributed by atoms with van der Waals surface area (Å²) in [5.41, 5.74) is 5.93. The molecule has 0 radical (unpaired) electrons. The fraction of sp³-hybridized carbons (Fsp3) is 0.857. The Morgan fingerprint density at radius 2 is 2.05 bits per heavy atom. The summed E-state index contributed by atoms with van der Waals surface area (Å²) in [5.74, 6) is -0.344. The second-order valence-electron chi connectivity index (χ2n) is 5.49. The minimum absolute atomic E-state index is 0.00458. The van der Waals surface area contributed by atoms with Gasteiger partial charge in [0.25, 0.3) is 0 Å². The second-order valence-corrected chi connectivity index (χ2v) is 5.49. The number of esters is 1. The van der Waals surface area contributed by atoms with Crippen LogP contribution in [0.15, 0.2) is 0 Å². The average Bonchev–Trinajstić information content (AvgIpc) is 2.35. The van der Waals surface area contributed by atoms with Crippen LogP contribution in [-0.2, 0) is 14.3 Å². The van der Waals surface area contributed by atoms with E-state index in [9.17, 15) is 9.59 Å². The maximum Gasteiger partial charge on any atom is 0.325 e. The number of carbonyl (C=O) groups excluding carboxylic acids is 2. The maximum atomic E-state index is 12.5. The number of nitrogens with two attached hydrogens (primary N) is 1. The first-order chi connectivity index (χ1) is 8.95. The van der Waals surface area contributed by atoms with E-state index < -0.39 is 0 Å². The first kappa shape index (κ1) is 16.0. The van der Waals surface area contributed by atoms with Crippen LogP contribution in [0.2, 0.25) is 0 Å². The van der Waals surface area contributed by atoms with E-state index in [-0.39, 0.29) is 36.4 Å². The van der Waals surface area contributed by atoms with Gasteiger partial charge in [0, 0.05) is 18.0 Å². The Morgan fingerprint density at radius 1 is 1.37 bits per heavy atom. The normalized spacial score (nSPS) is 23.2. The quantitative estimate of drug-likeness (QED) is 0.764. The highest BCUT2D eigenvalue weighted by atomic mass is 16.5. The van der Waals surface area contributed by atoms with Crippen molar-refractivity contribution in [2.45, 2.75) is 58.5 Å². The van der Waals surface area contributed by atoms with Crippen LogP contribution in [0.3, 0.4) is 0 Å². The lowest BCUT2D eigenvalue weighted by Gasteiger charge is -2.33.